The second-order valence-corrected chi connectivity index (χ2v) is 8.01. The van der Waals surface area contributed by atoms with Crippen molar-refractivity contribution < 1.29 is 32.6 Å². The summed E-state index contributed by atoms with van der Waals surface area (Å²) in [5.41, 5.74) is 0.864. The minimum absolute atomic E-state index is 0.0415. The molecule has 0 radical (unpaired) electrons. The molecule has 0 aliphatic rings. The Morgan fingerprint density at radius 3 is 2.31 bits per heavy atom. The molecule has 10 heteroatoms. The van der Waals surface area contributed by atoms with E-state index in [4.69, 9.17) is 9.84 Å². The molecule has 3 rings (SSSR count). The van der Waals surface area contributed by atoms with Crippen LogP contribution in [0.2, 0.25) is 0 Å². The summed E-state index contributed by atoms with van der Waals surface area (Å²) in [7, 11) is 0. The summed E-state index contributed by atoms with van der Waals surface area (Å²) in [6.45, 7) is 3.43. The molecule has 1 amide bonds. The minimum atomic E-state index is -4.51. The Labute approximate surface area is 200 Å². The molecule has 3 aromatic rings. The largest absolute Gasteiger partial charge is 0.486 e. The number of amides is 1. The number of carbonyl (C=O) groups is 2. The summed E-state index contributed by atoms with van der Waals surface area (Å²) < 4.78 is 46.4. The number of nitrogens with zero attached hydrogens (tertiary/aromatic N) is 2. The number of aromatic nitrogens is 2. The van der Waals surface area contributed by atoms with E-state index in [0.29, 0.717) is 23.4 Å². The van der Waals surface area contributed by atoms with Crippen LogP contribution in [0.3, 0.4) is 0 Å². The van der Waals surface area contributed by atoms with Crippen LogP contribution in [0.15, 0.2) is 54.7 Å². The zero-order valence-electron chi connectivity index (χ0n) is 19.3. The molecule has 0 saturated heterocycles. The van der Waals surface area contributed by atoms with E-state index < -0.39 is 17.8 Å². The molecular weight excluding hydrogens is 463 g/mol. The maximum absolute atomic E-state index is 13.0. The van der Waals surface area contributed by atoms with E-state index in [-0.39, 0.29) is 30.5 Å². The van der Waals surface area contributed by atoms with E-state index in [1.807, 2.05) is 6.92 Å². The highest BCUT2D eigenvalue weighted by Crippen LogP contribution is 2.31. The Morgan fingerprint density at radius 2 is 1.77 bits per heavy atom. The Morgan fingerprint density at radius 1 is 1.11 bits per heavy atom. The van der Waals surface area contributed by atoms with E-state index in [9.17, 15) is 22.8 Å². The number of hydrogen-bond donors (Lipinski definition) is 2. The van der Waals surface area contributed by atoms with Crippen LogP contribution in [0, 0.1) is 6.92 Å². The van der Waals surface area contributed by atoms with Gasteiger partial charge in [-0.2, -0.15) is 18.3 Å². The number of carboxylic acid groups (broad SMARTS) is 1. The van der Waals surface area contributed by atoms with Gasteiger partial charge in [-0.3, -0.25) is 9.59 Å². The first-order valence-electron chi connectivity index (χ1n) is 11.1. The summed E-state index contributed by atoms with van der Waals surface area (Å²) in [6, 6.07) is 13.5. The topological polar surface area (TPSA) is 93.5 Å². The van der Waals surface area contributed by atoms with Gasteiger partial charge < -0.3 is 15.2 Å². The second-order valence-electron chi connectivity index (χ2n) is 8.01. The lowest BCUT2D eigenvalue weighted by atomic mass is 10.0. The summed E-state index contributed by atoms with van der Waals surface area (Å²) in [4.78, 5) is 22.7. The van der Waals surface area contributed by atoms with Crippen molar-refractivity contribution >= 4 is 11.9 Å². The number of rotatable bonds is 10. The third-order valence-electron chi connectivity index (χ3n) is 5.27. The molecule has 0 bridgehead atoms. The summed E-state index contributed by atoms with van der Waals surface area (Å²) in [5, 5.41) is 14.9. The van der Waals surface area contributed by atoms with Gasteiger partial charge in [0, 0.05) is 18.3 Å². The zero-order valence-corrected chi connectivity index (χ0v) is 19.3. The molecule has 1 heterocycles. The van der Waals surface area contributed by atoms with E-state index in [1.165, 1.54) is 17.8 Å². The first-order valence-corrected chi connectivity index (χ1v) is 11.1. The smallest absolute Gasteiger partial charge is 0.435 e. The summed E-state index contributed by atoms with van der Waals surface area (Å²) in [5.74, 6) is -0.800. The van der Waals surface area contributed by atoms with Crippen LogP contribution in [0.1, 0.15) is 59.5 Å². The number of aliphatic carboxylic acids is 1. The van der Waals surface area contributed by atoms with E-state index in [2.05, 4.69) is 10.4 Å². The second kappa shape index (κ2) is 11.1. The summed E-state index contributed by atoms with van der Waals surface area (Å²) in [6.07, 6.45) is -2.08. The molecule has 1 unspecified atom stereocenters. The highest BCUT2D eigenvalue weighted by atomic mass is 19.4. The fraction of sp³-hybridized carbons (Fsp3) is 0.320. The molecule has 7 nitrogen and oxygen atoms in total. The predicted molar refractivity (Wildman–Crippen MR) is 123 cm³/mol. The Hall–Kier alpha value is -3.82. The normalized spacial score (nSPS) is 12.3. The molecule has 35 heavy (non-hydrogen) atoms. The number of carbonyl (C=O) groups excluding carboxylic acids is 1. The number of benzene rings is 2. The van der Waals surface area contributed by atoms with Gasteiger partial charge in [0.15, 0.2) is 5.69 Å². The molecule has 0 fully saturated rings. The molecule has 0 spiro atoms. The molecule has 1 aromatic heterocycles. The van der Waals surface area contributed by atoms with Crippen molar-refractivity contribution in [3.63, 3.8) is 0 Å². The van der Waals surface area contributed by atoms with Gasteiger partial charge in [0.05, 0.1) is 12.1 Å². The number of aryl methyl sites for hydroxylation is 1. The van der Waals surface area contributed by atoms with E-state index in [0.717, 1.165) is 12.0 Å². The van der Waals surface area contributed by atoms with Gasteiger partial charge in [0.1, 0.15) is 11.9 Å². The average Bonchev–Trinajstić information content (AvgIpc) is 3.21. The minimum Gasteiger partial charge on any atom is -0.486 e. The van der Waals surface area contributed by atoms with E-state index in [1.54, 1.807) is 48.5 Å². The van der Waals surface area contributed by atoms with Crippen LogP contribution >= 0.6 is 0 Å². The third-order valence-corrected chi connectivity index (χ3v) is 5.27. The molecule has 186 valence electrons. The van der Waals surface area contributed by atoms with Gasteiger partial charge in [0.25, 0.3) is 5.91 Å². The Kier molecular flexibility index (Phi) is 8.16. The van der Waals surface area contributed by atoms with Gasteiger partial charge in [-0.1, -0.05) is 25.5 Å². The molecule has 2 N–H and O–H groups in total. The van der Waals surface area contributed by atoms with Crippen molar-refractivity contribution in [2.75, 3.05) is 6.54 Å². The third kappa shape index (κ3) is 6.84. The molecule has 2 aromatic carbocycles. The van der Waals surface area contributed by atoms with Crippen LogP contribution in [0.4, 0.5) is 13.2 Å². The molecule has 0 saturated carbocycles. The number of ether oxygens (including phenoxy) is 1. The van der Waals surface area contributed by atoms with Crippen LogP contribution in [0.5, 0.6) is 5.75 Å². The molecular formula is C25H26F3N3O4. The standard InChI is InChI=1S/C25H26F3N3O4/c1-3-4-21(17-5-7-18(8-6-17)24(34)29-14-13-22(32)33)35-20-11-9-19(10-12-20)31-15-16(2)23(30-31)25(26,27)28/h5-12,15,21H,3-4,13-14H2,1-2H3,(H,29,34)(H,32,33). The lowest BCUT2D eigenvalue weighted by Gasteiger charge is -2.20. The van der Waals surface area contributed by atoms with Crippen LogP contribution in [0.25, 0.3) is 5.69 Å². The van der Waals surface area contributed by atoms with Gasteiger partial charge in [-0.05, 0) is 60.9 Å². The Balaban J connectivity index is 1.69. The lowest BCUT2D eigenvalue weighted by Crippen LogP contribution is -2.26. The molecule has 0 aliphatic carbocycles. The highest BCUT2D eigenvalue weighted by Gasteiger charge is 2.36. The van der Waals surface area contributed by atoms with Gasteiger partial charge in [0.2, 0.25) is 0 Å². The van der Waals surface area contributed by atoms with Crippen molar-refractivity contribution in [1.29, 1.82) is 0 Å². The SMILES string of the molecule is CCCC(Oc1ccc(-n2cc(C)c(C(F)(F)F)n2)cc1)c1ccc(C(=O)NCCC(=O)O)cc1. The first-order chi connectivity index (χ1) is 16.6. The fourth-order valence-corrected chi connectivity index (χ4v) is 3.50. The van der Waals surface area contributed by atoms with Gasteiger partial charge in [-0.15, -0.1) is 0 Å². The van der Waals surface area contributed by atoms with Crippen LogP contribution in [-0.4, -0.2) is 33.3 Å². The number of carboxylic acids is 1. The van der Waals surface area contributed by atoms with Gasteiger partial charge in [-0.25, -0.2) is 4.68 Å². The lowest BCUT2D eigenvalue weighted by molar-refractivity contribution is -0.141. The highest BCUT2D eigenvalue weighted by molar-refractivity contribution is 5.94. The van der Waals surface area contributed by atoms with Gasteiger partial charge >= 0.3 is 12.1 Å². The van der Waals surface area contributed by atoms with E-state index >= 15 is 0 Å². The van der Waals surface area contributed by atoms with Crippen molar-refractivity contribution in [3.05, 3.63) is 77.1 Å². The Bertz CT molecular complexity index is 1160. The maximum Gasteiger partial charge on any atom is 0.435 e. The van der Waals surface area contributed by atoms with Crippen LogP contribution < -0.4 is 10.1 Å². The quantitative estimate of drug-likeness (QED) is 0.402. The summed E-state index contributed by atoms with van der Waals surface area (Å²) >= 11 is 0. The fourth-order valence-electron chi connectivity index (χ4n) is 3.50. The number of halogens is 3. The predicted octanol–water partition coefficient (Wildman–Crippen LogP) is 5.32. The first kappa shape index (κ1) is 25.8. The maximum atomic E-state index is 13.0. The molecule has 0 aliphatic heterocycles. The van der Waals surface area contributed by atoms with Crippen molar-refractivity contribution in [1.82, 2.24) is 15.1 Å². The average molecular weight is 489 g/mol. The number of nitrogens with one attached hydrogen (secondary N) is 1. The van der Waals surface area contributed by atoms with Crippen LogP contribution in [-0.2, 0) is 11.0 Å². The molecule has 1 atom stereocenters. The monoisotopic (exact) mass is 489 g/mol. The zero-order chi connectivity index (χ0) is 25.6. The van der Waals surface area contributed by atoms with Crippen molar-refractivity contribution in [2.24, 2.45) is 0 Å². The number of alkyl halides is 3. The number of hydrogen-bond acceptors (Lipinski definition) is 4. The van der Waals surface area contributed by atoms with Crippen molar-refractivity contribution in [3.8, 4) is 11.4 Å². The van der Waals surface area contributed by atoms with Crippen molar-refractivity contribution in [2.45, 2.75) is 45.4 Å².